The normalized spacial score (nSPS) is 19.1. The Morgan fingerprint density at radius 3 is 2.96 bits per heavy atom. The van der Waals surface area contributed by atoms with Gasteiger partial charge in [0.05, 0.1) is 24.3 Å². The first-order valence-electron chi connectivity index (χ1n) is 7.51. The first kappa shape index (κ1) is 16.4. The van der Waals surface area contributed by atoms with Crippen LogP contribution in [0.1, 0.15) is 22.7 Å². The number of aromatic nitrogens is 2. The third-order valence-electron chi connectivity index (χ3n) is 3.95. The standard InChI is InChI=1S/C15H18N4O4S/c1-19(11-5-8-24(21,22)10-11)14(20)13-4-6-16-15(18-13)17-9-12-3-2-7-23-12/h2-4,6-7,11H,5,8-10H2,1H3,(H,16,17,18). The monoisotopic (exact) mass is 350 g/mol. The Labute approximate surface area is 139 Å². The van der Waals surface area contributed by atoms with E-state index in [2.05, 4.69) is 15.3 Å². The van der Waals surface area contributed by atoms with Crippen molar-refractivity contribution in [2.75, 3.05) is 23.9 Å². The highest BCUT2D eigenvalue weighted by Gasteiger charge is 2.33. The maximum Gasteiger partial charge on any atom is 0.272 e. The van der Waals surface area contributed by atoms with Crippen LogP contribution in [0.15, 0.2) is 35.1 Å². The van der Waals surface area contributed by atoms with Gasteiger partial charge >= 0.3 is 0 Å². The van der Waals surface area contributed by atoms with Crippen LogP contribution in [0.4, 0.5) is 5.95 Å². The number of amides is 1. The summed E-state index contributed by atoms with van der Waals surface area (Å²) in [5.41, 5.74) is 0.221. The Kier molecular flexibility index (Phi) is 4.52. The zero-order valence-electron chi connectivity index (χ0n) is 13.2. The second-order valence-electron chi connectivity index (χ2n) is 5.67. The zero-order chi connectivity index (χ0) is 17.2. The molecule has 128 valence electrons. The number of carbonyl (C=O) groups excluding carboxylic acids is 1. The van der Waals surface area contributed by atoms with Crippen LogP contribution in [-0.4, -0.2) is 53.8 Å². The fourth-order valence-corrected chi connectivity index (χ4v) is 4.34. The summed E-state index contributed by atoms with van der Waals surface area (Å²) in [4.78, 5) is 22.2. The lowest BCUT2D eigenvalue weighted by molar-refractivity contribution is 0.0741. The SMILES string of the molecule is CN(C(=O)c1ccnc(NCc2ccco2)n1)C1CCS(=O)(=O)C1. The Hall–Kier alpha value is -2.42. The minimum absolute atomic E-state index is 0.00389. The van der Waals surface area contributed by atoms with Crippen molar-refractivity contribution in [3.63, 3.8) is 0 Å². The van der Waals surface area contributed by atoms with E-state index in [9.17, 15) is 13.2 Å². The van der Waals surface area contributed by atoms with Crippen molar-refractivity contribution in [3.8, 4) is 0 Å². The van der Waals surface area contributed by atoms with Crippen LogP contribution in [0.25, 0.3) is 0 Å². The molecule has 1 atom stereocenters. The third kappa shape index (κ3) is 3.73. The molecule has 3 rings (SSSR count). The van der Waals surface area contributed by atoms with E-state index in [1.54, 1.807) is 19.4 Å². The molecule has 0 aromatic carbocycles. The molecular weight excluding hydrogens is 332 g/mol. The minimum atomic E-state index is -3.05. The van der Waals surface area contributed by atoms with Crippen molar-refractivity contribution in [3.05, 3.63) is 42.1 Å². The third-order valence-corrected chi connectivity index (χ3v) is 5.70. The van der Waals surface area contributed by atoms with Crippen LogP contribution in [0.5, 0.6) is 0 Å². The highest BCUT2D eigenvalue weighted by atomic mass is 32.2. The summed E-state index contributed by atoms with van der Waals surface area (Å²) in [5.74, 6) is 0.840. The molecule has 1 saturated heterocycles. The number of anilines is 1. The Morgan fingerprint density at radius 2 is 2.29 bits per heavy atom. The van der Waals surface area contributed by atoms with Crippen molar-refractivity contribution in [2.24, 2.45) is 0 Å². The fraction of sp³-hybridized carbons (Fsp3) is 0.400. The molecule has 1 fully saturated rings. The minimum Gasteiger partial charge on any atom is -0.467 e. The average molecular weight is 350 g/mol. The van der Waals surface area contributed by atoms with Crippen molar-refractivity contribution in [2.45, 2.75) is 19.0 Å². The molecule has 8 nitrogen and oxygen atoms in total. The van der Waals surface area contributed by atoms with E-state index in [0.717, 1.165) is 5.76 Å². The molecular formula is C15H18N4O4S. The molecule has 1 aliphatic rings. The molecule has 1 N–H and O–H groups in total. The van der Waals surface area contributed by atoms with Gasteiger partial charge in [-0.1, -0.05) is 0 Å². The molecule has 2 aromatic rings. The highest BCUT2D eigenvalue weighted by molar-refractivity contribution is 7.91. The number of hydrogen-bond acceptors (Lipinski definition) is 7. The molecule has 1 amide bonds. The van der Waals surface area contributed by atoms with Gasteiger partial charge in [-0.2, -0.15) is 0 Å². The van der Waals surface area contributed by atoms with E-state index in [0.29, 0.717) is 18.9 Å². The van der Waals surface area contributed by atoms with Gasteiger partial charge in [-0.15, -0.1) is 0 Å². The van der Waals surface area contributed by atoms with Crippen LogP contribution >= 0.6 is 0 Å². The summed E-state index contributed by atoms with van der Waals surface area (Å²) >= 11 is 0. The van der Waals surface area contributed by atoms with E-state index in [1.807, 2.05) is 6.07 Å². The van der Waals surface area contributed by atoms with Crippen LogP contribution in [0.3, 0.4) is 0 Å². The van der Waals surface area contributed by atoms with Gasteiger partial charge in [0.1, 0.15) is 11.5 Å². The van der Waals surface area contributed by atoms with Gasteiger partial charge in [0.25, 0.3) is 5.91 Å². The van der Waals surface area contributed by atoms with E-state index in [4.69, 9.17) is 4.42 Å². The van der Waals surface area contributed by atoms with Gasteiger partial charge in [-0.3, -0.25) is 4.79 Å². The predicted octanol–water partition coefficient (Wildman–Crippen LogP) is 0.941. The van der Waals surface area contributed by atoms with Gasteiger partial charge in [-0.05, 0) is 24.6 Å². The van der Waals surface area contributed by atoms with Crippen LogP contribution in [-0.2, 0) is 16.4 Å². The Balaban J connectivity index is 1.67. The number of nitrogens with zero attached hydrogens (tertiary/aromatic N) is 3. The van der Waals surface area contributed by atoms with Crippen molar-refractivity contribution in [1.82, 2.24) is 14.9 Å². The van der Waals surface area contributed by atoms with Crippen molar-refractivity contribution < 1.29 is 17.6 Å². The van der Waals surface area contributed by atoms with E-state index < -0.39 is 9.84 Å². The van der Waals surface area contributed by atoms with E-state index >= 15 is 0 Å². The van der Waals surface area contributed by atoms with Crippen LogP contribution in [0.2, 0.25) is 0 Å². The maximum atomic E-state index is 12.5. The quantitative estimate of drug-likeness (QED) is 0.855. The highest BCUT2D eigenvalue weighted by Crippen LogP contribution is 2.18. The molecule has 24 heavy (non-hydrogen) atoms. The zero-order valence-corrected chi connectivity index (χ0v) is 14.0. The maximum absolute atomic E-state index is 12.5. The first-order valence-corrected chi connectivity index (χ1v) is 9.33. The smallest absolute Gasteiger partial charge is 0.272 e. The molecule has 0 radical (unpaired) electrons. The largest absolute Gasteiger partial charge is 0.467 e. The van der Waals surface area contributed by atoms with Gasteiger partial charge < -0.3 is 14.6 Å². The number of furan rings is 1. The number of carbonyl (C=O) groups is 1. The summed E-state index contributed by atoms with van der Waals surface area (Å²) in [7, 11) is -1.44. The Bertz CT molecular complexity index is 820. The van der Waals surface area contributed by atoms with Gasteiger partial charge in [0, 0.05) is 19.3 Å². The number of hydrogen-bond donors (Lipinski definition) is 1. The lowest BCUT2D eigenvalue weighted by Gasteiger charge is -2.23. The molecule has 0 bridgehead atoms. The molecule has 0 aliphatic carbocycles. The van der Waals surface area contributed by atoms with E-state index in [1.165, 1.54) is 17.2 Å². The summed E-state index contributed by atoms with van der Waals surface area (Å²) in [5, 5.41) is 2.98. The molecule has 0 spiro atoms. The topological polar surface area (TPSA) is 105 Å². The average Bonchev–Trinajstić information content (AvgIpc) is 3.21. The van der Waals surface area contributed by atoms with Crippen molar-refractivity contribution in [1.29, 1.82) is 0 Å². The summed E-state index contributed by atoms with van der Waals surface area (Å²) in [6, 6.07) is 4.80. The molecule has 3 heterocycles. The Morgan fingerprint density at radius 1 is 1.46 bits per heavy atom. The number of nitrogens with one attached hydrogen (secondary N) is 1. The first-order chi connectivity index (χ1) is 11.4. The van der Waals surface area contributed by atoms with E-state index in [-0.39, 0.29) is 29.1 Å². The predicted molar refractivity (Wildman–Crippen MR) is 87.2 cm³/mol. The summed E-state index contributed by atoms with van der Waals surface area (Å²) < 4.78 is 28.4. The molecule has 0 saturated carbocycles. The van der Waals surface area contributed by atoms with Crippen LogP contribution in [0, 0.1) is 0 Å². The second-order valence-corrected chi connectivity index (χ2v) is 7.90. The fourth-order valence-electron chi connectivity index (χ4n) is 2.57. The van der Waals surface area contributed by atoms with Gasteiger partial charge in [0.2, 0.25) is 5.95 Å². The molecule has 1 unspecified atom stereocenters. The molecule has 1 aliphatic heterocycles. The number of rotatable bonds is 5. The molecule has 9 heteroatoms. The van der Waals surface area contributed by atoms with Crippen molar-refractivity contribution >= 4 is 21.7 Å². The summed E-state index contributed by atoms with van der Waals surface area (Å²) in [6.07, 6.45) is 3.52. The second kappa shape index (κ2) is 6.60. The molecule has 2 aromatic heterocycles. The van der Waals surface area contributed by atoms with Crippen LogP contribution < -0.4 is 5.32 Å². The lowest BCUT2D eigenvalue weighted by Crippen LogP contribution is -2.38. The summed E-state index contributed by atoms with van der Waals surface area (Å²) in [6.45, 7) is 0.404. The lowest BCUT2D eigenvalue weighted by atomic mass is 10.2. The number of sulfone groups is 1. The van der Waals surface area contributed by atoms with Gasteiger partial charge in [0.15, 0.2) is 9.84 Å². The van der Waals surface area contributed by atoms with Gasteiger partial charge in [-0.25, -0.2) is 18.4 Å².